The third kappa shape index (κ3) is 2.77. The van der Waals surface area contributed by atoms with Crippen molar-refractivity contribution in [2.75, 3.05) is 13.1 Å². The molecule has 4 rings (SSSR count). The van der Waals surface area contributed by atoms with Crippen LogP contribution in [-0.4, -0.2) is 49.0 Å². The van der Waals surface area contributed by atoms with Crippen molar-refractivity contribution in [3.8, 4) is 11.4 Å². The number of amides is 1. The molecule has 0 spiro atoms. The molecule has 25 heavy (non-hydrogen) atoms. The van der Waals surface area contributed by atoms with Gasteiger partial charge in [-0.05, 0) is 0 Å². The molecule has 0 N–H and O–H groups in total. The average Bonchev–Trinajstić information content (AvgIpc) is 3.35. The molecule has 1 atom stereocenters. The van der Waals surface area contributed by atoms with Crippen molar-refractivity contribution in [1.82, 2.24) is 30.0 Å². The molecule has 1 aliphatic heterocycles. The van der Waals surface area contributed by atoms with Crippen molar-refractivity contribution in [2.24, 2.45) is 7.05 Å². The van der Waals surface area contributed by atoms with Crippen LogP contribution >= 0.6 is 0 Å². The van der Waals surface area contributed by atoms with Crippen LogP contribution in [0.25, 0.3) is 11.4 Å². The number of likely N-dealkylation sites (tertiary alicyclic amines) is 1. The predicted octanol–water partition coefficient (Wildman–Crippen LogP) is 1.58. The lowest BCUT2D eigenvalue weighted by molar-refractivity contribution is 0.0711. The first-order valence-corrected chi connectivity index (χ1v) is 7.79. The van der Waals surface area contributed by atoms with E-state index in [9.17, 15) is 4.79 Å². The fourth-order valence-corrected chi connectivity index (χ4v) is 2.84. The lowest BCUT2D eigenvalue weighted by Crippen LogP contribution is -2.32. The third-order valence-electron chi connectivity index (χ3n) is 4.17. The van der Waals surface area contributed by atoms with Crippen LogP contribution in [0.4, 0.5) is 4.39 Å². The van der Waals surface area contributed by atoms with Crippen LogP contribution in [0, 0.1) is 0 Å². The summed E-state index contributed by atoms with van der Waals surface area (Å²) in [6.07, 6.45) is 1.59. The number of hydrogen-bond acceptors (Lipinski definition) is 6. The van der Waals surface area contributed by atoms with Crippen molar-refractivity contribution >= 4 is 5.91 Å². The third-order valence-corrected chi connectivity index (χ3v) is 4.17. The number of nitrogens with zero attached hydrogens (tertiary/aromatic N) is 6. The van der Waals surface area contributed by atoms with Crippen LogP contribution in [0.3, 0.4) is 0 Å². The molecule has 9 heteroatoms. The molecule has 0 aliphatic carbocycles. The second-order valence-corrected chi connectivity index (χ2v) is 6.01. The van der Waals surface area contributed by atoms with Crippen LogP contribution < -0.4 is 0 Å². The fourth-order valence-electron chi connectivity index (χ4n) is 2.84. The van der Waals surface area contributed by atoms with E-state index in [0.717, 1.165) is 5.56 Å². The molecule has 0 radical (unpaired) electrons. The Kier molecular flexibility index (Phi) is 3.56. The topological polar surface area (TPSA) is 89.9 Å². The minimum absolute atomic E-state index is 0.0927. The number of carbonyl (C=O) groups is 1. The zero-order valence-corrected chi connectivity index (χ0v) is 13.5. The normalized spacial score (nSPS) is 20.2. The van der Waals surface area contributed by atoms with Gasteiger partial charge in [0.25, 0.3) is 11.8 Å². The van der Waals surface area contributed by atoms with Gasteiger partial charge in [-0.25, -0.2) is 4.39 Å². The van der Waals surface area contributed by atoms with Gasteiger partial charge in [-0.3, -0.25) is 9.48 Å². The van der Waals surface area contributed by atoms with Crippen LogP contribution in [-0.2, 0) is 12.7 Å². The largest absolute Gasteiger partial charge is 0.335 e. The minimum atomic E-state index is -1.86. The maximum Gasteiger partial charge on any atom is 0.276 e. The van der Waals surface area contributed by atoms with E-state index in [1.54, 1.807) is 7.05 Å². The Labute approximate surface area is 142 Å². The fraction of sp³-hybridized carbons (Fsp3) is 0.312. The highest BCUT2D eigenvalue weighted by Gasteiger charge is 2.47. The number of alkyl halides is 1. The lowest BCUT2D eigenvalue weighted by atomic mass is 10.1. The van der Waals surface area contributed by atoms with Gasteiger partial charge in [0, 0.05) is 25.6 Å². The van der Waals surface area contributed by atoms with E-state index >= 15 is 4.39 Å². The Morgan fingerprint density at radius 1 is 1.32 bits per heavy atom. The first kappa shape index (κ1) is 15.4. The summed E-state index contributed by atoms with van der Waals surface area (Å²) in [5, 5.41) is 11.3. The molecule has 1 aromatic carbocycles. The molecular weight excluding hydrogens is 327 g/mol. The molecular formula is C16H15FN6O2. The van der Waals surface area contributed by atoms with Crippen LogP contribution in [0.5, 0.6) is 0 Å². The zero-order valence-electron chi connectivity index (χ0n) is 13.5. The quantitative estimate of drug-likeness (QED) is 0.718. The SMILES string of the molecule is Cn1cc(C(=O)N2CCC(F)(c3nc(-c4ccccc4)no3)C2)nn1. The van der Waals surface area contributed by atoms with Gasteiger partial charge in [-0.15, -0.1) is 5.10 Å². The van der Waals surface area contributed by atoms with E-state index in [2.05, 4.69) is 20.5 Å². The van der Waals surface area contributed by atoms with Crippen molar-refractivity contribution in [3.63, 3.8) is 0 Å². The highest BCUT2D eigenvalue weighted by molar-refractivity contribution is 5.92. The smallest absolute Gasteiger partial charge is 0.276 e. The summed E-state index contributed by atoms with van der Waals surface area (Å²) in [5.41, 5.74) is -0.938. The lowest BCUT2D eigenvalue weighted by Gasteiger charge is -2.16. The van der Waals surface area contributed by atoms with Gasteiger partial charge in [-0.2, -0.15) is 4.98 Å². The molecule has 3 aromatic rings. The molecule has 1 amide bonds. The van der Waals surface area contributed by atoms with Crippen LogP contribution in [0.2, 0.25) is 0 Å². The summed E-state index contributed by atoms with van der Waals surface area (Å²) < 4.78 is 21.8. The van der Waals surface area contributed by atoms with E-state index in [-0.39, 0.29) is 37.0 Å². The van der Waals surface area contributed by atoms with Crippen molar-refractivity contribution in [1.29, 1.82) is 0 Å². The predicted molar refractivity (Wildman–Crippen MR) is 84.0 cm³/mol. The number of aryl methyl sites for hydroxylation is 1. The summed E-state index contributed by atoms with van der Waals surface area (Å²) in [6, 6.07) is 9.19. The average molecular weight is 342 g/mol. The summed E-state index contributed by atoms with van der Waals surface area (Å²) in [4.78, 5) is 18.0. The molecule has 0 bridgehead atoms. The second kappa shape index (κ2) is 5.76. The van der Waals surface area contributed by atoms with Gasteiger partial charge >= 0.3 is 0 Å². The van der Waals surface area contributed by atoms with Gasteiger partial charge in [-0.1, -0.05) is 40.7 Å². The maximum atomic E-state index is 15.3. The number of benzene rings is 1. The standard InChI is InChI=1S/C16H15FN6O2/c1-22-9-12(19-21-22)14(24)23-8-7-16(17,10-23)15-18-13(20-25-15)11-5-3-2-4-6-11/h2-6,9H,7-8,10H2,1H3. The number of carbonyl (C=O) groups excluding carboxylic acids is 1. The highest BCUT2D eigenvalue weighted by Crippen LogP contribution is 2.36. The molecule has 1 fully saturated rings. The van der Waals surface area contributed by atoms with E-state index < -0.39 is 5.67 Å². The maximum absolute atomic E-state index is 15.3. The molecule has 3 heterocycles. The van der Waals surface area contributed by atoms with Crippen molar-refractivity contribution in [3.05, 3.63) is 48.1 Å². The van der Waals surface area contributed by atoms with E-state index in [4.69, 9.17) is 4.52 Å². The molecule has 2 aromatic heterocycles. The van der Waals surface area contributed by atoms with Gasteiger partial charge in [0.2, 0.25) is 11.5 Å². The van der Waals surface area contributed by atoms with Gasteiger partial charge in [0.15, 0.2) is 5.69 Å². The Balaban J connectivity index is 1.54. The van der Waals surface area contributed by atoms with Crippen LogP contribution in [0.15, 0.2) is 41.1 Å². The number of aromatic nitrogens is 5. The molecule has 128 valence electrons. The summed E-state index contributed by atoms with van der Waals surface area (Å²) in [6.45, 7) is 0.0911. The Hall–Kier alpha value is -3.10. The van der Waals surface area contributed by atoms with Crippen molar-refractivity contribution in [2.45, 2.75) is 12.1 Å². The number of rotatable bonds is 3. The molecule has 1 aliphatic rings. The van der Waals surface area contributed by atoms with E-state index in [1.165, 1.54) is 15.8 Å². The monoisotopic (exact) mass is 342 g/mol. The number of hydrogen-bond donors (Lipinski definition) is 0. The molecule has 0 saturated carbocycles. The molecule has 8 nitrogen and oxygen atoms in total. The molecule has 1 unspecified atom stereocenters. The summed E-state index contributed by atoms with van der Waals surface area (Å²) >= 11 is 0. The van der Waals surface area contributed by atoms with E-state index in [0.29, 0.717) is 5.82 Å². The van der Waals surface area contributed by atoms with E-state index in [1.807, 2.05) is 30.3 Å². The van der Waals surface area contributed by atoms with Crippen molar-refractivity contribution < 1.29 is 13.7 Å². The number of halogens is 1. The second-order valence-electron chi connectivity index (χ2n) is 6.01. The summed E-state index contributed by atoms with van der Waals surface area (Å²) in [5.74, 6) is -0.150. The zero-order chi connectivity index (χ0) is 17.4. The summed E-state index contributed by atoms with van der Waals surface area (Å²) in [7, 11) is 1.66. The highest BCUT2D eigenvalue weighted by atomic mass is 19.1. The first-order chi connectivity index (χ1) is 12.0. The molecule has 1 saturated heterocycles. The Morgan fingerprint density at radius 2 is 2.12 bits per heavy atom. The van der Waals surface area contributed by atoms with Gasteiger partial charge < -0.3 is 9.42 Å². The van der Waals surface area contributed by atoms with Gasteiger partial charge in [0.05, 0.1) is 12.7 Å². The Morgan fingerprint density at radius 3 is 2.84 bits per heavy atom. The minimum Gasteiger partial charge on any atom is -0.335 e. The Bertz CT molecular complexity index is 908. The van der Waals surface area contributed by atoms with Gasteiger partial charge in [0.1, 0.15) is 0 Å². The van der Waals surface area contributed by atoms with Crippen LogP contribution in [0.1, 0.15) is 22.8 Å². The first-order valence-electron chi connectivity index (χ1n) is 7.79.